The molecule has 0 aromatic carbocycles. The summed E-state index contributed by atoms with van der Waals surface area (Å²) in [7, 11) is 3.80. The number of nitrogens with zero attached hydrogens (tertiary/aromatic N) is 5. The molecule has 2 bridgehead atoms. The first kappa shape index (κ1) is 20.6. The highest BCUT2D eigenvalue weighted by molar-refractivity contribution is 5.94. The van der Waals surface area contributed by atoms with Gasteiger partial charge in [0, 0.05) is 69.3 Å². The van der Waals surface area contributed by atoms with Crippen molar-refractivity contribution in [2.75, 3.05) is 26.7 Å². The highest BCUT2D eigenvalue weighted by Crippen LogP contribution is 2.27. The Hall–Kier alpha value is -2.68. The largest absolute Gasteiger partial charge is 0.351 e. The molecule has 0 radical (unpaired) electrons. The third kappa shape index (κ3) is 4.40. The van der Waals surface area contributed by atoms with Gasteiger partial charge in [0.15, 0.2) is 5.69 Å². The van der Waals surface area contributed by atoms with E-state index in [2.05, 4.69) is 25.3 Å². The molecule has 0 saturated heterocycles. The minimum Gasteiger partial charge on any atom is -0.351 e. The second-order valence-electron chi connectivity index (χ2n) is 8.36. The normalized spacial score (nSPS) is 21.8. The Morgan fingerprint density at radius 2 is 2.00 bits per heavy atom. The van der Waals surface area contributed by atoms with Crippen molar-refractivity contribution in [1.82, 2.24) is 34.9 Å². The van der Waals surface area contributed by atoms with E-state index in [9.17, 15) is 9.59 Å². The number of hydrogen-bond acceptors (Lipinski definition) is 5. The van der Waals surface area contributed by atoms with Crippen molar-refractivity contribution in [2.24, 2.45) is 7.05 Å². The lowest BCUT2D eigenvalue weighted by Gasteiger charge is -2.32. The van der Waals surface area contributed by atoms with Gasteiger partial charge in [-0.2, -0.15) is 5.10 Å². The first-order valence-corrected chi connectivity index (χ1v) is 10.8. The van der Waals surface area contributed by atoms with Crippen molar-refractivity contribution >= 4 is 11.8 Å². The fourth-order valence-corrected chi connectivity index (χ4v) is 4.59. The molecule has 0 saturated carbocycles. The zero-order valence-corrected chi connectivity index (χ0v) is 17.9. The standard InChI is InChI=1S/C21H31N7O2/c1-26-16-6-7-18-17(11-16)20(25-27(18)2)21(30)23-8-4-10-28(9-3-5-19(26)29)13-15-12-22-14-24-15/h12,14,16H,3-11,13H2,1-2H3,(H,22,24)(H,23,30). The number of amides is 2. The lowest BCUT2D eigenvalue weighted by molar-refractivity contribution is -0.132. The van der Waals surface area contributed by atoms with Gasteiger partial charge in [-0.15, -0.1) is 0 Å². The molecule has 2 aromatic heterocycles. The Labute approximate surface area is 176 Å². The Morgan fingerprint density at radius 1 is 1.17 bits per heavy atom. The summed E-state index contributed by atoms with van der Waals surface area (Å²) in [6.45, 7) is 3.04. The van der Waals surface area contributed by atoms with Crippen LogP contribution in [-0.2, 0) is 31.2 Å². The van der Waals surface area contributed by atoms with Crippen molar-refractivity contribution in [2.45, 2.75) is 51.1 Å². The third-order valence-electron chi connectivity index (χ3n) is 6.34. The molecule has 2 amide bonds. The predicted octanol–water partition coefficient (Wildman–Crippen LogP) is 0.875. The smallest absolute Gasteiger partial charge is 0.272 e. The number of carbonyl (C=O) groups excluding carboxylic acids is 2. The SMILES string of the molecule is CN1C(=O)CCCN(Cc2cnc[nH]2)CCCNC(=O)c2nn(C)c3c2CC1CC3. The number of imidazole rings is 1. The van der Waals surface area contributed by atoms with E-state index in [0.29, 0.717) is 25.1 Å². The van der Waals surface area contributed by atoms with Gasteiger partial charge in [0.25, 0.3) is 5.91 Å². The maximum absolute atomic E-state index is 12.8. The number of rotatable bonds is 2. The molecule has 1 atom stereocenters. The van der Waals surface area contributed by atoms with Crippen LogP contribution in [0.3, 0.4) is 0 Å². The molecule has 2 aliphatic rings. The van der Waals surface area contributed by atoms with Crippen LogP contribution in [0.15, 0.2) is 12.5 Å². The van der Waals surface area contributed by atoms with Crippen LogP contribution < -0.4 is 5.32 Å². The van der Waals surface area contributed by atoms with Gasteiger partial charge < -0.3 is 15.2 Å². The summed E-state index contributed by atoms with van der Waals surface area (Å²) in [6, 6.07) is 0.118. The van der Waals surface area contributed by atoms with E-state index in [1.807, 2.05) is 29.9 Å². The van der Waals surface area contributed by atoms with Crippen LogP contribution in [-0.4, -0.2) is 74.1 Å². The summed E-state index contributed by atoms with van der Waals surface area (Å²) in [4.78, 5) is 37.1. The highest BCUT2D eigenvalue weighted by Gasteiger charge is 2.31. The van der Waals surface area contributed by atoms with E-state index in [1.165, 1.54) is 0 Å². The van der Waals surface area contributed by atoms with Crippen molar-refractivity contribution in [3.63, 3.8) is 0 Å². The van der Waals surface area contributed by atoms with Gasteiger partial charge in [-0.05, 0) is 38.6 Å². The van der Waals surface area contributed by atoms with E-state index in [4.69, 9.17) is 0 Å². The Bertz CT molecular complexity index is 890. The Kier molecular flexibility index (Phi) is 6.17. The summed E-state index contributed by atoms with van der Waals surface area (Å²) >= 11 is 0. The zero-order valence-electron chi connectivity index (χ0n) is 17.9. The average Bonchev–Trinajstić information content (AvgIpc) is 3.37. The van der Waals surface area contributed by atoms with E-state index in [1.54, 1.807) is 6.33 Å². The molecule has 1 aliphatic heterocycles. The molecule has 0 spiro atoms. The number of aromatic nitrogens is 4. The number of hydrogen-bond donors (Lipinski definition) is 2. The van der Waals surface area contributed by atoms with Crippen molar-refractivity contribution in [3.8, 4) is 0 Å². The van der Waals surface area contributed by atoms with Crippen molar-refractivity contribution < 1.29 is 9.59 Å². The molecular weight excluding hydrogens is 382 g/mol. The van der Waals surface area contributed by atoms with Gasteiger partial charge >= 0.3 is 0 Å². The number of carbonyl (C=O) groups is 2. The molecule has 1 aliphatic carbocycles. The minimum absolute atomic E-state index is 0.114. The lowest BCUT2D eigenvalue weighted by Crippen LogP contribution is -2.41. The molecule has 9 nitrogen and oxygen atoms in total. The fraction of sp³-hybridized carbons (Fsp3) is 0.619. The van der Waals surface area contributed by atoms with E-state index in [-0.39, 0.29) is 17.9 Å². The molecule has 2 N–H and O–H groups in total. The van der Waals surface area contributed by atoms with Gasteiger partial charge in [0.1, 0.15) is 0 Å². The van der Waals surface area contributed by atoms with Crippen LogP contribution in [0.1, 0.15) is 53.1 Å². The molecule has 162 valence electrons. The number of fused-ring (bicyclic) bond motifs is 1. The number of aromatic amines is 1. The number of nitrogens with one attached hydrogen (secondary N) is 2. The number of aryl methyl sites for hydroxylation is 1. The lowest BCUT2D eigenvalue weighted by atomic mass is 9.90. The summed E-state index contributed by atoms with van der Waals surface area (Å²) in [6.07, 6.45) is 8.15. The van der Waals surface area contributed by atoms with Crippen LogP contribution in [0.2, 0.25) is 0 Å². The predicted molar refractivity (Wildman–Crippen MR) is 112 cm³/mol. The first-order valence-electron chi connectivity index (χ1n) is 10.8. The fourth-order valence-electron chi connectivity index (χ4n) is 4.59. The van der Waals surface area contributed by atoms with Crippen LogP contribution in [0.25, 0.3) is 0 Å². The minimum atomic E-state index is -0.114. The van der Waals surface area contributed by atoms with Gasteiger partial charge in [-0.1, -0.05) is 0 Å². The van der Waals surface area contributed by atoms with Crippen LogP contribution in [0.4, 0.5) is 0 Å². The quantitative estimate of drug-likeness (QED) is 0.761. The molecule has 0 fully saturated rings. The molecule has 3 heterocycles. The summed E-state index contributed by atoms with van der Waals surface area (Å²) in [5, 5.41) is 7.55. The molecule has 9 heteroatoms. The first-order chi connectivity index (χ1) is 14.5. The van der Waals surface area contributed by atoms with Gasteiger partial charge in [-0.25, -0.2) is 4.98 Å². The summed E-state index contributed by atoms with van der Waals surface area (Å²) < 4.78 is 1.83. The van der Waals surface area contributed by atoms with Crippen molar-refractivity contribution in [1.29, 1.82) is 0 Å². The van der Waals surface area contributed by atoms with E-state index < -0.39 is 0 Å². The second-order valence-corrected chi connectivity index (χ2v) is 8.36. The number of H-pyrrole nitrogens is 1. The summed E-state index contributed by atoms with van der Waals surface area (Å²) in [5.74, 6) is 0.0613. The molecule has 2 aromatic rings. The van der Waals surface area contributed by atoms with Gasteiger partial charge in [-0.3, -0.25) is 19.2 Å². The Balaban J connectivity index is 1.52. The Morgan fingerprint density at radius 3 is 2.80 bits per heavy atom. The van der Waals surface area contributed by atoms with Crippen molar-refractivity contribution in [3.05, 3.63) is 35.2 Å². The molecule has 1 unspecified atom stereocenters. The number of likely N-dealkylation sites (N-methyl/N-ethyl adjacent to an activating group) is 1. The maximum atomic E-state index is 12.8. The third-order valence-corrected chi connectivity index (χ3v) is 6.34. The topological polar surface area (TPSA) is 99.2 Å². The van der Waals surface area contributed by atoms with Crippen LogP contribution in [0.5, 0.6) is 0 Å². The van der Waals surface area contributed by atoms with E-state index >= 15 is 0 Å². The monoisotopic (exact) mass is 413 g/mol. The van der Waals surface area contributed by atoms with Gasteiger partial charge in [0.05, 0.1) is 6.33 Å². The average molecular weight is 414 g/mol. The molecular formula is C21H31N7O2. The van der Waals surface area contributed by atoms with E-state index in [0.717, 1.165) is 62.3 Å². The van der Waals surface area contributed by atoms with Crippen LogP contribution >= 0.6 is 0 Å². The zero-order chi connectivity index (χ0) is 21.1. The summed E-state index contributed by atoms with van der Waals surface area (Å²) in [5.41, 5.74) is 3.69. The highest BCUT2D eigenvalue weighted by atomic mass is 16.2. The van der Waals surface area contributed by atoms with Crippen LogP contribution in [0, 0.1) is 0 Å². The molecule has 4 rings (SSSR count). The second kappa shape index (κ2) is 8.99. The maximum Gasteiger partial charge on any atom is 0.272 e. The van der Waals surface area contributed by atoms with Gasteiger partial charge in [0.2, 0.25) is 5.91 Å². The molecule has 30 heavy (non-hydrogen) atoms.